The highest BCUT2D eigenvalue weighted by molar-refractivity contribution is 7.92. The zero-order valence-electron chi connectivity index (χ0n) is 17.8. The van der Waals surface area contributed by atoms with Gasteiger partial charge in [0.1, 0.15) is 12.3 Å². The van der Waals surface area contributed by atoms with Gasteiger partial charge in [-0.1, -0.05) is 35.0 Å². The maximum Gasteiger partial charge on any atom is 0.246 e. The lowest BCUT2D eigenvalue weighted by Crippen LogP contribution is -2.41. The van der Waals surface area contributed by atoms with Crippen molar-refractivity contribution in [3.05, 3.63) is 60.0 Å². The van der Waals surface area contributed by atoms with Crippen molar-refractivity contribution in [2.24, 2.45) is 0 Å². The van der Waals surface area contributed by atoms with Gasteiger partial charge in [-0.25, -0.2) is 8.42 Å². The number of benzene rings is 2. The summed E-state index contributed by atoms with van der Waals surface area (Å²) in [6, 6.07) is 14.1. The van der Waals surface area contributed by atoms with Gasteiger partial charge in [-0.2, -0.15) is 4.98 Å². The van der Waals surface area contributed by atoms with Gasteiger partial charge in [0, 0.05) is 12.6 Å². The highest BCUT2D eigenvalue weighted by Gasteiger charge is 2.23. The molecule has 0 saturated heterocycles. The Hall–Kier alpha value is -3.40. The number of carbonyl (C=O) groups excluding carboxylic acids is 1. The first-order chi connectivity index (χ1) is 14.7. The average Bonchev–Trinajstić information content (AvgIpc) is 3.20. The van der Waals surface area contributed by atoms with E-state index >= 15 is 0 Å². The third kappa shape index (κ3) is 5.60. The topological polar surface area (TPSA) is 106 Å². The summed E-state index contributed by atoms with van der Waals surface area (Å²) in [6.07, 6.45) is 1.07. The number of likely N-dealkylation sites (N-methyl/N-ethyl adjacent to an activating group) is 1. The molecule has 164 valence electrons. The molecule has 0 unspecified atom stereocenters. The maximum absolute atomic E-state index is 12.7. The van der Waals surface area contributed by atoms with Gasteiger partial charge in [-0.05, 0) is 31.2 Å². The third-order valence-electron chi connectivity index (χ3n) is 4.60. The molecule has 1 amide bonds. The second-order valence-electron chi connectivity index (χ2n) is 7.10. The number of hydrogen-bond acceptors (Lipinski definition) is 7. The number of carbonyl (C=O) groups is 1. The first-order valence-electron chi connectivity index (χ1n) is 9.42. The number of rotatable bonds is 8. The van der Waals surface area contributed by atoms with Crippen LogP contribution in [0, 0.1) is 6.92 Å². The van der Waals surface area contributed by atoms with Crippen molar-refractivity contribution in [3.63, 3.8) is 0 Å². The summed E-state index contributed by atoms with van der Waals surface area (Å²) in [4.78, 5) is 18.4. The highest BCUT2D eigenvalue weighted by Crippen LogP contribution is 2.22. The van der Waals surface area contributed by atoms with E-state index in [2.05, 4.69) is 10.1 Å². The third-order valence-corrected chi connectivity index (χ3v) is 5.74. The van der Waals surface area contributed by atoms with Gasteiger partial charge in [-0.3, -0.25) is 9.10 Å². The summed E-state index contributed by atoms with van der Waals surface area (Å²) < 4.78 is 36.0. The minimum Gasteiger partial charge on any atom is -0.497 e. The van der Waals surface area contributed by atoms with Crippen LogP contribution in [0.4, 0.5) is 5.69 Å². The summed E-state index contributed by atoms with van der Waals surface area (Å²) in [5.41, 5.74) is 2.13. The van der Waals surface area contributed by atoms with Crippen molar-refractivity contribution in [3.8, 4) is 17.1 Å². The van der Waals surface area contributed by atoms with Crippen LogP contribution in [0.5, 0.6) is 5.75 Å². The molecule has 1 aromatic heterocycles. The summed E-state index contributed by atoms with van der Waals surface area (Å²) in [7, 11) is -0.532. The quantitative estimate of drug-likeness (QED) is 0.525. The standard InChI is InChI=1S/C21H24N4O5S/c1-15-8-10-17(11-9-15)25(31(4,27)28)14-20(26)24(2)13-19-22-21(23-30-19)16-6-5-7-18(12-16)29-3/h5-12H,13-14H2,1-4H3. The second kappa shape index (κ2) is 9.17. The number of anilines is 1. The first-order valence-corrected chi connectivity index (χ1v) is 11.3. The molecule has 3 rings (SSSR count). The highest BCUT2D eigenvalue weighted by atomic mass is 32.2. The maximum atomic E-state index is 12.7. The summed E-state index contributed by atoms with van der Waals surface area (Å²) in [5.74, 6) is 0.849. The van der Waals surface area contributed by atoms with Crippen molar-refractivity contribution < 1.29 is 22.5 Å². The SMILES string of the molecule is COc1cccc(-c2noc(CN(C)C(=O)CN(c3ccc(C)cc3)S(C)(=O)=O)n2)c1. The molecular formula is C21H24N4O5S. The average molecular weight is 445 g/mol. The van der Waals surface area contributed by atoms with Crippen molar-refractivity contribution in [1.29, 1.82) is 0 Å². The minimum absolute atomic E-state index is 0.0430. The van der Waals surface area contributed by atoms with Gasteiger partial charge in [0.15, 0.2) is 0 Å². The van der Waals surface area contributed by atoms with Gasteiger partial charge in [0.25, 0.3) is 0 Å². The number of aryl methyl sites for hydroxylation is 1. The van der Waals surface area contributed by atoms with Gasteiger partial charge in [0.2, 0.25) is 27.6 Å². The molecule has 31 heavy (non-hydrogen) atoms. The van der Waals surface area contributed by atoms with E-state index in [1.165, 1.54) is 4.90 Å². The number of nitrogens with zero attached hydrogens (tertiary/aromatic N) is 4. The smallest absolute Gasteiger partial charge is 0.246 e. The number of hydrogen-bond donors (Lipinski definition) is 0. The molecule has 0 aliphatic rings. The lowest BCUT2D eigenvalue weighted by molar-refractivity contribution is -0.129. The van der Waals surface area contributed by atoms with E-state index in [9.17, 15) is 13.2 Å². The lowest BCUT2D eigenvalue weighted by atomic mass is 10.2. The first kappa shape index (κ1) is 22.3. The van der Waals surface area contributed by atoms with E-state index in [4.69, 9.17) is 9.26 Å². The fourth-order valence-corrected chi connectivity index (χ4v) is 3.69. The van der Waals surface area contributed by atoms with Crippen molar-refractivity contribution in [2.75, 3.05) is 31.3 Å². The minimum atomic E-state index is -3.65. The molecule has 0 saturated carbocycles. The van der Waals surface area contributed by atoms with Gasteiger partial charge in [0.05, 0.1) is 25.6 Å². The normalized spacial score (nSPS) is 11.2. The van der Waals surface area contributed by atoms with E-state index in [1.807, 2.05) is 19.1 Å². The Kier molecular flexibility index (Phi) is 6.59. The molecule has 0 bridgehead atoms. The van der Waals surface area contributed by atoms with Crippen LogP contribution in [0.2, 0.25) is 0 Å². The van der Waals surface area contributed by atoms with E-state index in [0.29, 0.717) is 22.8 Å². The van der Waals surface area contributed by atoms with Crippen LogP contribution in [0.1, 0.15) is 11.5 Å². The van der Waals surface area contributed by atoms with Gasteiger partial charge < -0.3 is 14.2 Å². The second-order valence-corrected chi connectivity index (χ2v) is 9.01. The summed E-state index contributed by atoms with van der Waals surface area (Å²) in [5, 5.41) is 3.94. The molecule has 0 aliphatic heterocycles. The number of methoxy groups -OCH3 is 1. The zero-order chi connectivity index (χ0) is 22.6. The van der Waals surface area contributed by atoms with Crippen LogP contribution in [0.15, 0.2) is 53.1 Å². The molecule has 0 aliphatic carbocycles. The Bertz CT molecular complexity index is 1160. The van der Waals surface area contributed by atoms with Crippen LogP contribution >= 0.6 is 0 Å². The Labute approximate surface area is 181 Å². The van der Waals surface area contributed by atoms with Crippen molar-refractivity contribution in [1.82, 2.24) is 15.0 Å². The molecule has 1 heterocycles. The Morgan fingerprint density at radius 2 is 1.87 bits per heavy atom. The molecule has 0 N–H and O–H groups in total. The molecular weight excluding hydrogens is 420 g/mol. The predicted octanol–water partition coefficient (Wildman–Crippen LogP) is 2.48. The van der Waals surface area contributed by atoms with E-state index in [0.717, 1.165) is 16.1 Å². The summed E-state index contributed by atoms with van der Waals surface area (Å²) in [6.45, 7) is 1.61. The molecule has 0 fully saturated rings. The summed E-state index contributed by atoms with van der Waals surface area (Å²) >= 11 is 0. The van der Waals surface area contributed by atoms with Crippen LogP contribution < -0.4 is 9.04 Å². The molecule has 3 aromatic rings. The Balaban J connectivity index is 1.71. The number of ether oxygens (including phenoxy) is 1. The van der Waals surface area contributed by atoms with Gasteiger partial charge >= 0.3 is 0 Å². The van der Waals surface area contributed by atoms with Crippen LogP contribution in [-0.2, 0) is 21.4 Å². The van der Waals surface area contributed by atoms with Crippen molar-refractivity contribution >= 4 is 21.6 Å². The Morgan fingerprint density at radius 3 is 2.52 bits per heavy atom. The van der Waals surface area contributed by atoms with Crippen molar-refractivity contribution in [2.45, 2.75) is 13.5 Å². The fourth-order valence-electron chi connectivity index (χ4n) is 2.84. The van der Waals surface area contributed by atoms with E-state index in [1.54, 1.807) is 50.6 Å². The number of amides is 1. The largest absolute Gasteiger partial charge is 0.497 e. The van der Waals surface area contributed by atoms with E-state index < -0.39 is 15.9 Å². The zero-order valence-corrected chi connectivity index (χ0v) is 18.6. The number of sulfonamides is 1. The fraction of sp³-hybridized carbons (Fsp3) is 0.286. The molecule has 0 atom stereocenters. The molecule has 9 nitrogen and oxygen atoms in total. The Morgan fingerprint density at radius 1 is 1.16 bits per heavy atom. The van der Waals surface area contributed by atoms with Crippen LogP contribution in [-0.4, -0.2) is 56.3 Å². The predicted molar refractivity (Wildman–Crippen MR) is 116 cm³/mol. The van der Waals surface area contributed by atoms with Crippen LogP contribution in [0.3, 0.4) is 0 Å². The monoisotopic (exact) mass is 444 g/mol. The molecule has 0 spiro atoms. The number of aromatic nitrogens is 2. The van der Waals surface area contributed by atoms with Crippen LogP contribution in [0.25, 0.3) is 11.4 Å². The molecule has 2 aromatic carbocycles. The molecule has 10 heteroatoms. The van der Waals surface area contributed by atoms with E-state index in [-0.39, 0.29) is 19.0 Å². The lowest BCUT2D eigenvalue weighted by Gasteiger charge is -2.24. The molecule has 0 radical (unpaired) electrons. The van der Waals surface area contributed by atoms with Gasteiger partial charge in [-0.15, -0.1) is 0 Å².